The maximum Gasteiger partial charge on any atom is 0.340 e. The van der Waals surface area contributed by atoms with E-state index < -0.39 is 0 Å². The lowest BCUT2D eigenvalue weighted by atomic mass is 10.0. The molecule has 0 aliphatic carbocycles. The first-order valence-electron chi connectivity index (χ1n) is 7.89. The number of benzene rings is 1. The predicted octanol–water partition coefficient (Wildman–Crippen LogP) is 3.71. The van der Waals surface area contributed by atoms with Gasteiger partial charge in [-0.3, -0.25) is 0 Å². The lowest BCUT2D eigenvalue weighted by Gasteiger charge is -2.30. The molecule has 4 heteroatoms. The molecule has 0 heterocycles. The van der Waals surface area contributed by atoms with Crippen molar-refractivity contribution in [1.29, 1.82) is 0 Å². The quantitative estimate of drug-likeness (QED) is 0.586. The fourth-order valence-electron chi connectivity index (χ4n) is 2.52. The molecule has 0 radical (unpaired) electrons. The highest BCUT2D eigenvalue weighted by Gasteiger charge is 2.21. The molecule has 1 aromatic rings. The number of hydrogen-bond donors (Lipinski definition) is 1. The molecule has 0 aromatic heterocycles. The van der Waals surface area contributed by atoms with Crippen LogP contribution in [0.5, 0.6) is 0 Å². The summed E-state index contributed by atoms with van der Waals surface area (Å²) in [4.78, 5) is 14.4. The predicted molar refractivity (Wildman–Crippen MR) is 88.8 cm³/mol. The number of ether oxygens (including phenoxy) is 1. The number of hydrogen-bond acceptors (Lipinski definition) is 4. The number of carbonyl (C=O) groups is 1. The van der Waals surface area contributed by atoms with Gasteiger partial charge in [-0.25, -0.2) is 4.79 Å². The van der Waals surface area contributed by atoms with Crippen molar-refractivity contribution in [3.05, 3.63) is 23.8 Å². The second-order valence-electron chi connectivity index (χ2n) is 5.19. The lowest BCUT2D eigenvalue weighted by molar-refractivity contribution is 0.0527. The van der Waals surface area contributed by atoms with Crippen LogP contribution in [0.1, 0.15) is 50.9 Å². The summed E-state index contributed by atoms with van der Waals surface area (Å²) in [6.07, 6.45) is 2.24. The molecular formula is C17H28N2O2. The van der Waals surface area contributed by atoms with E-state index in [0.29, 0.717) is 23.8 Å². The van der Waals surface area contributed by atoms with Crippen LogP contribution in [-0.4, -0.2) is 25.7 Å². The van der Waals surface area contributed by atoms with E-state index >= 15 is 0 Å². The fourth-order valence-corrected chi connectivity index (χ4v) is 2.52. The van der Waals surface area contributed by atoms with Crippen molar-refractivity contribution in [2.45, 2.75) is 40.5 Å². The van der Waals surface area contributed by atoms with E-state index in [-0.39, 0.29) is 5.97 Å². The average molecular weight is 292 g/mol. The molecule has 0 unspecified atom stereocenters. The largest absolute Gasteiger partial charge is 0.462 e. The molecule has 0 fully saturated rings. The molecule has 21 heavy (non-hydrogen) atoms. The van der Waals surface area contributed by atoms with Crippen LogP contribution in [0, 0.1) is 5.92 Å². The molecule has 1 aromatic carbocycles. The number of nitrogens with zero attached hydrogens (tertiary/aromatic N) is 1. The molecule has 0 bridgehead atoms. The summed E-state index contributed by atoms with van der Waals surface area (Å²) in [6, 6.07) is 5.43. The maximum atomic E-state index is 12.2. The van der Waals surface area contributed by atoms with Crippen molar-refractivity contribution in [1.82, 2.24) is 0 Å². The van der Waals surface area contributed by atoms with E-state index in [1.807, 2.05) is 13.0 Å². The number of esters is 1. The number of para-hydroxylation sites is 1. The molecule has 0 saturated carbocycles. The number of nitrogen functional groups attached to an aromatic ring is 1. The van der Waals surface area contributed by atoms with Gasteiger partial charge in [0.05, 0.1) is 23.5 Å². The summed E-state index contributed by atoms with van der Waals surface area (Å²) in [6.45, 7) is 10.4. The molecule has 0 atom stereocenters. The molecule has 118 valence electrons. The monoisotopic (exact) mass is 292 g/mol. The van der Waals surface area contributed by atoms with Crippen molar-refractivity contribution < 1.29 is 9.53 Å². The van der Waals surface area contributed by atoms with Gasteiger partial charge in [0.15, 0.2) is 0 Å². The Morgan fingerprint density at radius 3 is 2.43 bits per heavy atom. The fraction of sp³-hybridized carbons (Fsp3) is 0.588. The van der Waals surface area contributed by atoms with Gasteiger partial charge < -0.3 is 15.4 Å². The van der Waals surface area contributed by atoms with Crippen molar-refractivity contribution >= 4 is 17.3 Å². The normalized spacial score (nSPS) is 10.7. The minimum absolute atomic E-state index is 0.303. The smallest absolute Gasteiger partial charge is 0.340 e. The van der Waals surface area contributed by atoms with E-state index in [1.165, 1.54) is 0 Å². The Hall–Kier alpha value is -1.71. The van der Waals surface area contributed by atoms with Gasteiger partial charge in [0, 0.05) is 13.1 Å². The van der Waals surface area contributed by atoms with Crippen LogP contribution < -0.4 is 10.6 Å². The second kappa shape index (κ2) is 8.55. The summed E-state index contributed by atoms with van der Waals surface area (Å²) in [7, 11) is 0. The van der Waals surface area contributed by atoms with E-state index in [9.17, 15) is 4.79 Å². The van der Waals surface area contributed by atoms with E-state index in [2.05, 4.69) is 25.7 Å². The number of rotatable bonds is 8. The zero-order valence-electron chi connectivity index (χ0n) is 13.7. The van der Waals surface area contributed by atoms with Gasteiger partial charge in [-0.2, -0.15) is 0 Å². The first-order valence-corrected chi connectivity index (χ1v) is 7.89. The second-order valence-corrected chi connectivity index (χ2v) is 5.19. The third kappa shape index (κ3) is 4.38. The highest BCUT2D eigenvalue weighted by Crippen LogP contribution is 2.30. The molecule has 0 aliphatic heterocycles. The summed E-state index contributed by atoms with van der Waals surface area (Å²) in [5, 5.41) is 0. The average Bonchev–Trinajstić information content (AvgIpc) is 2.49. The minimum atomic E-state index is -0.303. The van der Waals surface area contributed by atoms with Crippen LogP contribution in [0.2, 0.25) is 0 Å². The first kappa shape index (κ1) is 17.3. The third-order valence-electron chi connectivity index (χ3n) is 3.89. The van der Waals surface area contributed by atoms with Crippen molar-refractivity contribution in [3.63, 3.8) is 0 Å². The maximum absolute atomic E-state index is 12.2. The summed E-state index contributed by atoms with van der Waals surface area (Å²) >= 11 is 0. The molecule has 0 spiro atoms. The van der Waals surface area contributed by atoms with Gasteiger partial charge in [-0.1, -0.05) is 32.8 Å². The van der Waals surface area contributed by atoms with Crippen molar-refractivity contribution in [2.24, 2.45) is 5.92 Å². The Bertz CT molecular complexity index is 456. The SMILES string of the molecule is CCOC(=O)c1cccc(N)c1N(CC)CC(CC)CC. The first-order chi connectivity index (χ1) is 10.1. The third-order valence-corrected chi connectivity index (χ3v) is 3.89. The Morgan fingerprint density at radius 2 is 1.90 bits per heavy atom. The lowest BCUT2D eigenvalue weighted by Crippen LogP contribution is -2.31. The van der Waals surface area contributed by atoms with E-state index in [1.54, 1.807) is 12.1 Å². The molecule has 0 amide bonds. The Kier molecular flexibility index (Phi) is 7.06. The van der Waals surface area contributed by atoms with Gasteiger partial charge in [0.2, 0.25) is 0 Å². The summed E-state index contributed by atoms with van der Waals surface area (Å²) in [5.74, 6) is 0.294. The highest BCUT2D eigenvalue weighted by atomic mass is 16.5. The number of nitrogens with two attached hydrogens (primary N) is 1. The van der Waals surface area contributed by atoms with Crippen LogP contribution >= 0.6 is 0 Å². The summed E-state index contributed by atoms with van der Waals surface area (Å²) < 4.78 is 5.15. The molecular weight excluding hydrogens is 264 g/mol. The van der Waals surface area contributed by atoms with Crippen LogP contribution in [0.25, 0.3) is 0 Å². The number of carbonyl (C=O) groups excluding carboxylic acids is 1. The van der Waals surface area contributed by atoms with Gasteiger partial charge in [0.25, 0.3) is 0 Å². The molecule has 0 aliphatic rings. The van der Waals surface area contributed by atoms with Crippen LogP contribution in [0.3, 0.4) is 0 Å². The molecule has 0 saturated heterocycles. The van der Waals surface area contributed by atoms with Gasteiger partial charge >= 0.3 is 5.97 Å². The highest BCUT2D eigenvalue weighted by molar-refractivity contribution is 5.99. The van der Waals surface area contributed by atoms with Crippen LogP contribution in [0.4, 0.5) is 11.4 Å². The topological polar surface area (TPSA) is 55.6 Å². The Morgan fingerprint density at radius 1 is 1.24 bits per heavy atom. The van der Waals surface area contributed by atoms with E-state index in [4.69, 9.17) is 10.5 Å². The molecule has 1 rings (SSSR count). The standard InChI is InChI=1S/C17H28N2O2/c1-5-13(6-2)12-19(7-3)16-14(17(20)21-8-4)10-9-11-15(16)18/h9-11,13H,5-8,12,18H2,1-4H3. The van der Waals surface area contributed by atoms with E-state index in [0.717, 1.165) is 31.6 Å². The minimum Gasteiger partial charge on any atom is -0.462 e. The Labute approximate surface area is 128 Å². The van der Waals surface area contributed by atoms with Crippen LogP contribution in [0.15, 0.2) is 18.2 Å². The Balaban J connectivity index is 3.15. The zero-order valence-corrected chi connectivity index (χ0v) is 13.7. The van der Waals surface area contributed by atoms with Gasteiger partial charge in [-0.05, 0) is 31.9 Å². The van der Waals surface area contributed by atoms with Crippen LogP contribution in [-0.2, 0) is 4.74 Å². The van der Waals surface area contributed by atoms with Crippen molar-refractivity contribution in [2.75, 3.05) is 30.3 Å². The van der Waals surface area contributed by atoms with Gasteiger partial charge in [-0.15, -0.1) is 0 Å². The van der Waals surface area contributed by atoms with Crippen molar-refractivity contribution in [3.8, 4) is 0 Å². The molecule has 4 nitrogen and oxygen atoms in total. The van der Waals surface area contributed by atoms with Gasteiger partial charge in [0.1, 0.15) is 0 Å². The summed E-state index contributed by atoms with van der Waals surface area (Å²) in [5.41, 5.74) is 8.14. The molecule has 2 N–H and O–H groups in total. The number of anilines is 2. The zero-order chi connectivity index (χ0) is 15.8.